The highest BCUT2D eigenvalue weighted by molar-refractivity contribution is 6.07. The zero-order valence-electron chi connectivity index (χ0n) is 15.0. The van der Waals surface area contributed by atoms with Crippen molar-refractivity contribution < 1.29 is 4.79 Å². The summed E-state index contributed by atoms with van der Waals surface area (Å²) >= 11 is 0. The Kier molecular flexibility index (Phi) is 4.62. The first-order chi connectivity index (χ1) is 13.2. The summed E-state index contributed by atoms with van der Waals surface area (Å²) < 4.78 is 0. The van der Waals surface area contributed by atoms with E-state index in [1.54, 1.807) is 17.3 Å². The number of rotatable bonds is 4. The molecular formula is C23H19N3O. The molecule has 27 heavy (non-hydrogen) atoms. The molecule has 0 aliphatic heterocycles. The number of para-hydroxylation sites is 1. The van der Waals surface area contributed by atoms with E-state index >= 15 is 0 Å². The minimum absolute atomic E-state index is 0.0254. The number of hydrogen-bond donors (Lipinski definition) is 0. The van der Waals surface area contributed by atoms with Gasteiger partial charge in [-0.05, 0) is 29.8 Å². The second-order valence-corrected chi connectivity index (χ2v) is 6.45. The van der Waals surface area contributed by atoms with Crippen LogP contribution in [0.5, 0.6) is 0 Å². The predicted octanol–water partition coefficient (Wildman–Crippen LogP) is 4.57. The molecule has 4 nitrogen and oxygen atoms in total. The maximum absolute atomic E-state index is 13.2. The molecule has 1 amide bonds. The molecule has 2 aromatic heterocycles. The van der Waals surface area contributed by atoms with Gasteiger partial charge < -0.3 is 4.90 Å². The number of aromatic nitrogens is 2. The highest BCUT2D eigenvalue weighted by Crippen LogP contribution is 2.25. The van der Waals surface area contributed by atoms with E-state index in [1.807, 2.05) is 79.8 Å². The van der Waals surface area contributed by atoms with Crippen LogP contribution in [0.1, 0.15) is 15.9 Å². The molecular weight excluding hydrogens is 334 g/mol. The lowest BCUT2D eigenvalue weighted by Crippen LogP contribution is -2.26. The maximum atomic E-state index is 13.2. The molecule has 0 radical (unpaired) electrons. The molecule has 2 heterocycles. The Hall–Kier alpha value is -3.53. The number of benzene rings is 2. The summed E-state index contributed by atoms with van der Waals surface area (Å²) in [5, 5.41) is 0.865. The van der Waals surface area contributed by atoms with E-state index in [1.165, 1.54) is 0 Å². The highest BCUT2D eigenvalue weighted by Gasteiger charge is 2.17. The van der Waals surface area contributed by atoms with Crippen LogP contribution in [-0.4, -0.2) is 27.8 Å². The molecule has 4 aromatic rings. The zero-order valence-corrected chi connectivity index (χ0v) is 15.0. The Morgan fingerprint density at radius 3 is 2.41 bits per heavy atom. The topological polar surface area (TPSA) is 46.1 Å². The van der Waals surface area contributed by atoms with Crippen LogP contribution in [-0.2, 0) is 6.54 Å². The average molecular weight is 353 g/mol. The summed E-state index contributed by atoms with van der Waals surface area (Å²) in [5.41, 5.74) is 4.32. The number of hydrogen-bond acceptors (Lipinski definition) is 3. The number of fused-ring (bicyclic) bond motifs is 1. The molecule has 132 valence electrons. The van der Waals surface area contributed by atoms with Gasteiger partial charge in [-0.1, -0.05) is 48.5 Å². The molecule has 2 aromatic carbocycles. The van der Waals surface area contributed by atoms with E-state index in [0.717, 1.165) is 27.7 Å². The molecule has 4 rings (SSSR count). The molecule has 0 saturated carbocycles. The van der Waals surface area contributed by atoms with Crippen molar-refractivity contribution in [3.63, 3.8) is 0 Å². The Morgan fingerprint density at radius 2 is 1.63 bits per heavy atom. The summed E-state index contributed by atoms with van der Waals surface area (Å²) in [7, 11) is 1.82. The Morgan fingerprint density at radius 1 is 0.926 bits per heavy atom. The van der Waals surface area contributed by atoms with Crippen LogP contribution in [0.4, 0.5) is 0 Å². The van der Waals surface area contributed by atoms with Gasteiger partial charge in [-0.3, -0.25) is 9.78 Å². The van der Waals surface area contributed by atoms with Gasteiger partial charge in [-0.2, -0.15) is 0 Å². The van der Waals surface area contributed by atoms with Crippen molar-refractivity contribution in [1.82, 2.24) is 14.9 Å². The summed E-state index contributed by atoms with van der Waals surface area (Å²) in [6.07, 6.45) is 3.48. The van der Waals surface area contributed by atoms with Crippen molar-refractivity contribution in [2.45, 2.75) is 6.54 Å². The summed E-state index contributed by atoms with van der Waals surface area (Å²) in [6.45, 7) is 0.526. The highest BCUT2D eigenvalue weighted by atomic mass is 16.2. The van der Waals surface area contributed by atoms with Crippen molar-refractivity contribution in [2.75, 3.05) is 7.05 Å². The zero-order chi connectivity index (χ0) is 18.6. The Labute approximate surface area is 158 Å². The maximum Gasteiger partial charge on any atom is 0.254 e. The van der Waals surface area contributed by atoms with E-state index in [-0.39, 0.29) is 5.91 Å². The number of amides is 1. The summed E-state index contributed by atoms with van der Waals surface area (Å²) in [4.78, 5) is 23.7. The number of carbonyl (C=O) groups is 1. The fourth-order valence-electron chi connectivity index (χ4n) is 3.15. The van der Waals surface area contributed by atoms with E-state index in [0.29, 0.717) is 12.1 Å². The van der Waals surface area contributed by atoms with E-state index in [2.05, 4.69) is 4.98 Å². The SMILES string of the molecule is CN(Cc1ccncc1)C(=O)c1cc(-c2ccccc2)nc2ccccc12. The van der Waals surface area contributed by atoms with Crippen LogP contribution >= 0.6 is 0 Å². The first-order valence-electron chi connectivity index (χ1n) is 8.82. The van der Waals surface area contributed by atoms with Crippen LogP contribution in [0.3, 0.4) is 0 Å². The van der Waals surface area contributed by atoms with Crippen molar-refractivity contribution in [2.24, 2.45) is 0 Å². The second-order valence-electron chi connectivity index (χ2n) is 6.45. The third-order valence-corrected chi connectivity index (χ3v) is 4.53. The minimum Gasteiger partial charge on any atom is -0.337 e. The lowest BCUT2D eigenvalue weighted by molar-refractivity contribution is 0.0787. The fourth-order valence-corrected chi connectivity index (χ4v) is 3.15. The van der Waals surface area contributed by atoms with Gasteiger partial charge in [0.1, 0.15) is 0 Å². The number of nitrogens with zero attached hydrogens (tertiary/aromatic N) is 3. The van der Waals surface area contributed by atoms with Gasteiger partial charge in [0, 0.05) is 36.9 Å². The van der Waals surface area contributed by atoms with Crippen LogP contribution in [0.2, 0.25) is 0 Å². The summed E-state index contributed by atoms with van der Waals surface area (Å²) in [6, 6.07) is 23.4. The third kappa shape index (κ3) is 3.55. The standard InChI is InChI=1S/C23H19N3O/c1-26(16-17-11-13-24-14-12-17)23(27)20-15-22(18-7-3-2-4-8-18)25-21-10-6-5-9-19(20)21/h2-15H,16H2,1H3. The van der Waals surface area contributed by atoms with Crippen molar-refractivity contribution in [3.8, 4) is 11.3 Å². The first kappa shape index (κ1) is 16.9. The predicted molar refractivity (Wildman–Crippen MR) is 107 cm³/mol. The second kappa shape index (κ2) is 7.38. The molecule has 0 N–H and O–H groups in total. The van der Waals surface area contributed by atoms with Crippen molar-refractivity contribution in [1.29, 1.82) is 0 Å². The largest absolute Gasteiger partial charge is 0.337 e. The lowest BCUT2D eigenvalue weighted by atomic mass is 10.0. The minimum atomic E-state index is -0.0254. The summed E-state index contributed by atoms with van der Waals surface area (Å²) in [5.74, 6) is -0.0254. The van der Waals surface area contributed by atoms with Crippen LogP contribution in [0, 0.1) is 0 Å². The quantitative estimate of drug-likeness (QED) is 0.540. The van der Waals surface area contributed by atoms with Crippen LogP contribution in [0.15, 0.2) is 85.2 Å². The van der Waals surface area contributed by atoms with Gasteiger partial charge in [0.15, 0.2) is 0 Å². The molecule has 0 aliphatic rings. The Bertz CT molecular complexity index is 1080. The van der Waals surface area contributed by atoms with E-state index < -0.39 is 0 Å². The number of pyridine rings is 2. The van der Waals surface area contributed by atoms with Crippen LogP contribution in [0.25, 0.3) is 22.2 Å². The lowest BCUT2D eigenvalue weighted by Gasteiger charge is -2.19. The van der Waals surface area contributed by atoms with E-state index in [4.69, 9.17) is 4.98 Å². The molecule has 0 fully saturated rings. The van der Waals surface area contributed by atoms with Gasteiger partial charge in [0.2, 0.25) is 0 Å². The number of carbonyl (C=O) groups excluding carboxylic acids is 1. The van der Waals surface area contributed by atoms with E-state index in [9.17, 15) is 4.79 Å². The average Bonchev–Trinajstić information content (AvgIpc) is 2.73. The molecule has 0 unspecified atom stereocenters. The molecule has 0 spiro atoms. The van der Waals surface area contributed by atoms with Gasteiger partial charge in [0.25, 0.3) is 5.91 Å². The van der Waals surface area contributed by atoms with Crippen molar-refractivity contribution in [3.05, 3.63) is 96.3 Å². The Balaban J connectivity index is 1.76. The third-order valence-electron chi connectivity index (χ3n) is 4.53. The first-order valence-corrected chi connectivity index (χ1v) is 8.82. The fraction of sp³-hybridized carbons (Fsp3) is 0.0870. The van der Waals surface area contributed by atoms with Gasteiger partial charge in [-0.25, -0.2) is 4.98 Å². The molecule has 0 bridgehead atoms. The van der Waals surface area contributed by atoms with Gasteiger partial charge >= 0.3 is 0 Å². The van der Waals surface area contributed by atoms with Gasteiger partial charge in [-0.15, -0.1) is 0 Å². The molecule has 4 heteroatoms. The normalized spacial score (nSPS) is 10.7. The smallest absolute Gasteiger partial charge is 0.254 e. The van der Waals surface area contributed by atoms with Gasteiger partial charge in [0.05, 0.1) is 16.8 Å². The molecule has 0 saturated heterocycles. The molecule has 0 aliphatic carbocycles. The van der Waals surface area contributed by atoms with Crippen LogP contribution < -0.4 is 0 Å². The van der Waals surface area contributed by atoms with Crippen molar-refractivity contribution >= 4 is 16.8 Å². The molecule has 0 atom stereocenters. The monoisotopic (exact) mass is 353 g/mol.